The maximum atomic E-state index is 5.61. The van der Waals surface area contributed by atoms with Crippen molar-refractivity contribution in [2.45, 2.75) is 18.9 Å². The van der Waals surface area contributed by atoms with Crippen LogP contribution in [0.2, 0.25) is 5.15 Å². The van der Waals surface area contributed by atoms with E-state index in [1.807, 2.05) is 6.07 Å². The van der Waals surface area contributed by atoms with Crippen molar-refractivity contribution >= 4 is 17.4 Å². The van der Waals surface area contributed by atoms with Crippen LogP contribution in [0.25, 0.3) is 0 Å². The molecule has 0 bridgehead atoms. The summed E-state index contributed by atoms with van der Waals surface area (Å²) in [6.45, 7) is 1.66. The first-order chi connectivity index (χ1) is 6.84. The molecular weight excluding hydrogens is 202 g/mol. The molecule has 14 heavy (non-hydrogen) atoms. The minimum Gasteiger partial charge on any atom is -0.376 e. The van der Waals surface area contributed by atoms with Crippen LogP contribution in [-0.2, 0) is 4.74 Å². The lowest BCUT2D eigenvalue weighted by molar-refractivity contribution is 0.120. The van der Waals surface area contributed by atoms with Gasteiger partial charge in [-0.3, -0.25) is 0 Å². The first-order valence-corrected chi connectivity index (χ1v) is 5.07. The zero-order valence-corrected chi connectivity index (χ0v) is 8.50. The maximum Gasteiger partial charge on any atom is 0.151 e. The summed E-state index contributed by atoms with van der Waals surface area (Å²) < 4.78 is 5.46. The van der Waals surface area contributed by atoms with Gasteiger partial charge < -0.3 is 10.1 Å². The molecule has 76 valence electrons. The van der Waals surface area contributed by atoms with Gasteiger partial charge in [0.2, 0.25) is 0 Å². The number of anilines is 1. The summed E-state index contributed by atoms with van der Waals surface area (Å²) in [6.07, 6.45) is 2.58. The van der Waals surface area contributed by atoms with E-state index in [1.165, 1.54) is 0 Å². The lowest BCUT2D eigenvalue weighted by Crippen LogP contribution is -2.19. The number of nitrogens with zero attached hydrogens (tertiary/aromatic N) is 2. The summed E-state index contributed by atoms with van der Waals surface area (Å²) in [5.41, 5.74) is 0. The molecule has 1 unspecified atom stereocenters. The molecule has 0 saturated carbocycles. The molecule has 1 aromatic heterocycles. The van der Waals surface area contributed by atoms with Crippen LogP contribution in [-0.4, -0.2) is 29.5 Å². The smallest absolute Gasteiger partial charge is 0.151 e. The van der Waals surface area contributed by atoms with Crippen molar-refractivity contribution in [1.82, 2.24) is 10.2 Å². The number of hydrogen-bond acceptors (Lipinski definition) is 4. The lowest BCUT2D eigenvalue weighted by Gasteiger charge is -2.10. The van der Waals surface area contributed by atoms with Gasteiger partial charge in [0.25, 0.3) is 0 Å². The average molecular weight is 214 g/mol. The zero-order valence-electron chi connectivity index (χ0n) is 7.74. The molecule has 1 atom stereocenters. The van der Waals surface area contributed by atoms with Gasteiger partial charge in [-0.15, -0.1) is 10.2 Å². The molecule has 1 saturated heterocycles. The van der Waals surface area contributed by atoms with Gasteiger partial charge in [0, 0.05) is 13.2 Å². The summed E-state index contributed by atoms with van der Waals surface area (Å²) in [7, 11) is 0. The van der Waals surface area contributed by atoms with Gasteiger partial charge in [-0.25, -0.2) is 0 Å². The van der Waals surface area contributed by atoms with E-state index >= 15 is 0 Å². The monoisotopic (exact) mass is 213 g/mol. The lowest BCUT2D eigenvalue weighted by atomic mass is 10.2. The summed E-state index contributed by atoms with van der Waals surface area (Å²) in [6, 6.07) is 3.52. The minimum atomic E-state index is 0.312. The van der Waals surface area contributed by atoms with E-state index in [2.05, 4.69) is 15.5 Å². The molecule has 1 N–H and O–H groups in total. The number of halogens is 1. The van der Waals surface area contributed by atoms with Crippen molar-refractivity contribution in [2.75, 3.05) is 18.5 Å². The normalized spacial score (nSPS) is 21.1. The van der Waals surface area contributed by atoms with Crippen molar-refractivity contribution in [2.24, 2.45) is 0 Å². The number of rotatable bonds is 3. The van der Waals surface area contributed by atoms with Gasteiger partial charge in [0.05, 0.1) is 6.10 Å². The highest BCUT2D eigenvalue weighted by molar-refractivity contribution is 6.29. The second kappa shape index (κ2) is 4.57. The fourth-order valence-corrected chi connectivity index (χ4v) is 1.53. The molecule has 1 fully saturated rings. The third kappa shape index (κ3) is 2.56. The molecule has 0 aromatic carbocycles. The Labute approximate surface area is 87.6 Å². The van der Waals surface area contributed by atoms with Gasteiger partial charge in [0.1, 0.15) is 5.82 Å². The molecule has 2 heterocycles. The number of aromatic nitrogens is 2. The molecule has 2 rings (SSSR count). The van der Waals surface area contributed by atoms with Crippen LogP contribution in [0.5, 0.6) is 0 Å². The van der Waals surface area contributed by atoms with Crippen molar-refractivity contribution in [3.05, 3.63) is 17.3 Å². The standard InChI is InChI=1S/C9H12ClN3O/c10-8-3-4-9(13-12-8)11-6-7-2-1-5-14-7/h3-4,7H,1-2,5-6H2,(H,11,13). The Balaban J connectivity index is 1.82. The largest absolute Gasteiger partial charge is 0.376 e. The van der Waals surface area contributed by atoms with Crippen LogP contribution in [0.15, 0.2) is 12.1 Å². The zero-order chi connectivity index (χ0) is 9.80. The topological polar surface area (TPSA) is 47.0 Å². The second-order valence-corrected chi connectivity index (χ2v) is 3.64. The Morgan fingerprint density at radius 1 is 1.50 bits per heavy atom. The number of nitrogens with one attached hydrogen (secondary N) is 1. The van der Waals surface area contributed by atoms with E-state index in [1.54, 1.807) is 6.07 Å². The van der Waals surface area contributed by atoms with Crippen molar-refractivity contribution in [3.8, 4) is 0 Å². The van der Waals surface area contributed by atoms with E-state index in [0.29, 0.717) is 11.3 Å². The molecule has 0 amide bonds. The maximum absolute atomic E-state index is 5.61. The van der Waals surface area contributed by atoms with Crippen LogP contribution in [0, 0.1) is 0 Å². The number of hydrogen-bond donors (Lipinski definition) is 1. The van der Waals surface area contributed by atoms with Gasteiger partial charge in [-0.2, -0.15) is 0 Å². The summed E-state index contributed by atoms with van der Waals surface area (Å²) in [5.74, 6) is 0.741. The summed E-state index contributed by atoms with van der Waals surface area (Å²) in [4.78, 5) is 0. The minimum absolute atomic E-state index is 0.312. The van der Waals surface area contributed by atoms with Crippen LogP contribution in [0.4, 0.5) is 5.82 Å². The molecular formula is C9H12ClN3O. The quantitative estimate of drug-likeness (QED) is 0.831. The molecule has 1 aromatic rings. The first kappa shape index (κ1) is 9.68. The van der Waals surface area contributed by atoms with Crippen LogP contribution < -0.4 is 5.32 Å². The van der Waals surface area contributed by atoms with Gasteiger partial charge in [-0.1, -0.05) is 11.6 Å². The molecule has 0 radical (unpaired) electrons. The van der Waals surface area contributed by atoms with Crippen LogP contribution >= 0.6 is 11.6 Å². The van der Waals surface area contributed by atoms with Crippen LogP contribution in [0.3, 0.4) is 0 Å². The Kier molecular flexibility index (Phi) is 3.16. The van der Waals surface area contributed by atoms with Crippen molar-refractivity contribution < 1.29 is 4.74 Å². The molecule has 0 spiro atoms. The third-order valence-electron chi connectivity index (χ3n) is 2.17. The Morgan fingerprint density at radius 2 is 2.43 bits per heavy atom. The highest BCUT2D eigenvalue weighted by atomic mass is 35.5. The first-order valence-electron chi connectivity index (χ1n) is 4.69. The molecule has 1 aliphatic heterocycles. The van der Waals surface area contributed by atoms with Crippen LogP contribution in [0.1, 0.15) is 12.8 Å². The molecule has 0 aliphatic carbocycles. The highest BCUT2D eigenvalue weighted by Gasteiger charge is 2.14. The predicted octanol–water partition coefficient (Wildman–Crippen LogP) is 1.72. The van der Waals surface area contributed by atoms with Crippen molar-refractivity contribution in [1.29, 1.82) is 0 Å². The SMILES string of the molecule is Clc1ccc(NCC2CCCO2)nn1. The molecule has 5 heteroatoms. The van der Waals surface area contributed by atoms with Crippen molar-refractivity contribution in [3.63, 3.8) is 0 Å². The van der Waals surface area contributed by atoms with Gasteiger partial charge in [0.15, 0.2) is 5.15 Å². The van der Waals surface area contributed by atoms with E-state index in [-0.39, 0.29) is 0 Å². The Morgan fingerprint density at radius 3 is 3.07 bits per heavy atom. The second-order valence-electron chi connectivity index (χ2n) is 3.26. The molecule has 1 aliphatic rings. The van der Waals surface area contributed by atoms with E-state index in [4.69, 9.17) is 16.3 Å². The predicted molar refractivity (Wildman–Crippen MR) is 54.5 cm³/mol. The van der Waals surface area contributed by atoms with Gasteiger partial charge >= 0.3 is 0 Å². The fraction of sp³-hybridized carbons (Fsp3) is 0.556. The Bertz CT molecular complexity index is 285. The fourth-order valence-electron chi connectivity index (χ4n) is 1.43. The van der Waals surface area contributed by atoms with E-state index in [0.717, 1.165) is 31.8 Å². The van der Waals surface area contributed by atoms with E-state index in [9.17, 15) is 0 Å². The molecule has 4 nitrogen and oxygen atoms in total. The average Bonchev–Trinajstić information content (AvgIpc) is 2.70. The van der Waals surface area contributed by atoms with E-state index < -0.39 is 0 Å². The van der Waals surface area contributed by atoms with Gasteiger partial charge in [-0.05, 0) is 25.0 Å². The third-order valence-corrected chi connectivity index (χ3v) is 2.37. The highest BCUT2D eigenvalue weighted by Crippen LogP contribution is 2.13. The Hall–Kier alpha value is -0.870. The summed E-state index contributed by atoms with van der Waals surface area (Å²) in [5, 5.41) is 11.2. The number of ether oxygens (including phenoxy) is 1. The summed E-state index contributed by atoms with van der Waals surface area (Å²) >= 11 is 5.61.